The van der Waals surface area contributed by atoms with Crippen LogP contribution in [0.15, 0.2) is 9.32 Å². The van der Waals surface area contributed by atoms with Gasteiger partial charge in [0.2, 0.25) is 0 Å². The topological polar surface area (TPSA) is 85.9 Å². The first-order chi connectivity index (χ1) is 9.10. The SMILES string of the molecule is CCO[C@H](CC)c1n[nH]c(=O)n1-c1c(C)noc1C. The highest BCUT2D eigenvalue weighted by molar-refractivity contribution is 5.39. The van der Waals surface area contributed by atoms with Crippen molar-refractivity contribution >= 4 is 0 Å². The van der Waals surface area contributed by atoms with Crippen LogP contribution in [0.25, 0.3) is 5.69 Å². The molecule has 1 N–H and O–H groups in total. The average Bonchev–Trinajstić information content (AvgIpc) is 2.90. The zero-order valence-electron chi connectivity index (χ0n) is 11.6. The largest absolute Gasteiger partial charge is 0.370 e. The Balaban J connectivity index is 2.58. The zero-order valence-corrected chi connectivity index (χ0v) is 11.6. The summed E-state index contributed by atoms with van der Waals surface area (Å²) in [5.74, 6) is 1.12. The Morgan fingerprint density at radius 3 is 2.68 bits per heavy atom. The summed E-state index contributed by atoms with van der Waals surface area (Å²) < 4.78 is 12.2. The second kappa shape index (κ2) is 5.40. The van der Waals surface area contributed by atoms with E-state index < -0.39 is 0 Å². The molecular formula is C12H18N4O3. The predicted molar refractivity (Wildman–Crippen MR) is 68.4 cm³/mol. The molecule has 0 amide bonds. The summed E-state index contributed by atoms with van der Waals surface area (Å²) in [5, 5.41) is 10.4. The lowest BCUT2D eigenvalue weighted by atomic mass is 10.2. The lowest BCUT2D eigenvalue weighted by molar-refractivity contribution is 0.0521. The van der Waals surface area contributed by atoms with E-state index in [1.807, 2.05) is 13.8 Å². The van der Waals surface area contributed by atoms with Crippen molar-refractivity contribution in [2.45, 2.75) is 40.2 Å². The van der Waals surface area contributed by atoms with E-state index in [-0.39, 0.29) is 11.8 Å². The average molecular weight is 266 g/mol. The van der Waals surface area contributed by atoms with Gasteiger partial charge >= 0.3 is 5.69 Å². The number of H-pyrrole nitrogens is 1. The summed E-state index contributed by atoms with van der Waals surface area (Å²) in [6, 6.07) is 0. The van der Waals surface area contributed by atoms with E-state index >= 15 is 0 Å². The molecule has 104 valence electrons. The molecule has 0 aliphatic rings. The van der Waals surface area contributed by atoms with Gasteiger partial charge in [0.05, 0.1) is 0 Å². The number of hydrogen-bond acceptors (Lipinski definition) is 5. The second-order valence-corrected chi connectivity index (χ2v) is 4.25. The smallest absolute Gasteiger partial charge is 0.348 e. The maximum absolute atomic E-state index is 12.0. The maximum Gasteiger partial charge on any atom is 0.348 e. The monoisotopic (exact) mass is 266 g/mol. The summed E-state index contributed by atoms with van der Waals surface area (Å²) >= 11 is 0. The van der Waals surface area contributed by atoms with Gasteiger partial charge in [-0.2, -0.15) is 5.10 Å². The van der Waals surface area contributed by atoms with Crippen molar-refractivity contribution in [3.05, 3.63) is 27.8 Å². The van der Waals surface area contributed by atoms with E-state index in [9.17, 15) is 4.79 Å². The van der Waals surface area contributed by atoms with Crippen LogP contribution in [0.3, 0.4) is 0 Å². The molecule has 0 fully saturated rings. The number of ether oxygens (including phenoxy) is 1. The molecule has 19 heavy (non-hydrogen) atoms. The van der Waals surface area contributed by atoms with Crippen LogP contribution >= 0.6 is 0 Å². The molecule has 7 heteroatoms. The molecule has 2 aromatic rings. The van der Waals surface area contributed by atoms with E-state index in [0.29, 0.717) is 29.6 Å². The molecule has 1 atom stereocenters. The number of aromatic nitrogens is 4. The van der Waals surface area contributed by atoms with E-state index in [1.54, 1.807) is 13.8 Å². The van der Waals surface area contributed by atoms with Crippen molar-refractivity contribution in [1.82, 2.24) is 19.9 Å². The van der Waals surface area contributed by atoms with Gasteiger partial charge in [0, 0.05) is 6.61 Å². The van der Waals surface area contributed by atoms with Crippen molar-refractivity contribution < 1.29 is 9.26 Å². The van der Waals surface area contributed by atoms with Crippen LogP contribution in [0.4, 0.5) is 0 Å². The van der Waals surface area contributed by atoms with Crippen molar-refractivity contribution in [3.63, 3.8) is 0 Å². The minimum Gasteiger partial charge on any atom is -0.370 e. The third-order valence-corrected chi connectivity index (χ3v) is 2.94. The van der Waals surface area contributed by atoms with Gasteiger partial charge in [0.1, 0.15) is 17.5 Å². The fourth-order valence-electron chi connectivity index (χ4n) is 2.11. The molecule has 0 saturated heterocycles. The Labute approximate surface area is 110 Å². The Morgan fingerprint density at radius 1 is 1.42 bits per heavy atom. The standard InChI is InChI=1S/C12H18N4O3/c1-5-9(18-6-2)11-13-14-12(17)16(11)10-7(3)15-19-8(10)4/h9H,5-6H2,1-4H3,(H,14,17)/t9-/m1/s1. The molecule has 2 aromatic heterocycles. The number of nitrogens with zero attached hydrogens (tertiary/aromatic N) is 3. The van der Waals surface area contributed by atoms with E-state index in [1.165, 1.54) is 4.57 Å². The summed E-state index contributed by atoms with van der Waals surface area (Å²) in [6.45, 7) is 8.00. The van der Waals surface area contributed by atoms with Crippen LogP contribution in [0.1, 0.15) is 43.7 Å². The first-order valence-corrected chi connectivity index (χ1v) is 6.32. The lowest BCUT2D eigenvalue weighted by Gasteiger charge is -2.14. The van der Waals surface area contributed by atoms with Gasteiger partial charge in [-0.3, -0.25) is 0 Å². The first-order valence-electron chi connectivity index (χ1n) is 6.32. The Morgan fingerprint density at radius 2 is 2.16 bits per heavy atom. The highest BCUT2D eigenvalue weighted by Crippen LogP contribution is 2.23. The molecule has 0 aliphatic carbocycles. The molecule has 0 aromatic carbocycles. The third-order valence-electron chi connectivity index (χ3n) is 2.94. The normalized spacial score (nSPS) is 12.8. The molecular weight excluding hydrogens is 248 g/mol. The van der Waals surface area contributed by atoms with Crippen molar-refractivity contribution in [1.29, 1.82) is 0 Å². The third kappa shape index (κ3) is 2.33. The van der Waals surface area contributed by atoms with Gasteiger partial charge < -0.3 is 9.26 Å². The summed E-state index contributed by atoms with van der Waals surface area (Å²) in [4.78, 5) is 12.0. The summed E-state index contributed by atoms with van der Waals surface area (Å²) in [7, 11) is 0. The number of hydrogen-bond donors (Lipinski definition) is 1. The highest BCUT2D eigenvalue weighted by Gasteiger charge is 2.23. The zero-order chi connectivity index (χ0) is 14.0. The van der Waals surface area contributed by atoms with E-state index in [4.69, 9.17) is 9.26 Å². The molecule has 2 heterocycles. The quantitative estimate of drug-likeness (QED) is 0.889. The molecule has 0 radical (unpaired) electrons. The van der Waals surface area contributed by atoms with Crippen molar-refractivity contribution in [2.75, 3.05) is 6.61 Å². The van der Waals surface area contributed by atoms with Crippen LogP contribution in [-0.4, -0.2) is 26.5 Å². The van der Waals surface area contributed by atoms with Crippen molar-refractivity contribution in [3.8, 4) is 5.69 Å². The van der Waals surface area contributed by atoms with Crippen LogP contribution in [0.2, 0.25) is 0 Å². The van der Waals surface area contributed by atoms with Gasteiger partial charge in [-0.25, -0.2) is 14.5 Å². The minimum atomic E-state index is -0.317. The van der Waals surface area contributed by atoms with Crippen LogP contribution < -0.4 is 5.69 Å². The predicted octanol–water partition coefficient (Wildman–Crippen LogP) is 1.65. The van der Waals surface area contributed by atoms with Crippen molar-refractivity contribution in [2.24, 2.45) is 0 Å². The summed E-state index contributed by atoms with van der Waals surface area (Å²) in [5.41, 5.74) is 0.961. The molecule has 0 unspecified atom stereocenters. The number of aromatic amines is 1. The van der Waals surface area contributed by atoms with Crippen LogP contribution in [0, 0.1) is 13.8 Å². The summed E-state index contributed by atoms with van der Waals surface area (Å²) in [6.07, 6.45) is 0.485. The first kappa shape index (κ1) is 13.5. The van der Waals surface area contributed by atoms with Gasteiger partial charge in [0.15, 0.2) is 11.6 Å². The maximum atomic E-state index is 12.0. The molecule has 2 rings (SSSR count). The Hall–Kier alpha value is -1.89. The Bertz CT molecular complexity index is 591. The molecule has 0 saturated carbocycles. The minimum absolute atomic E-state index is 0.238. The molecule has 0 bridgehead atoms. The van der Waals surface area contributed by atoms with E-state index in [2.05, 4.69) is 15.4 Å². The number of nitrogens with one attached hydrogen (secondary N) is 1. The fourth-order valence-corrected chi connectivity index (χ4v) is 2.11. The van der Waals surface area contributed by atoms with E-state index in [0.717, 1.165) is 6.42 Å². The van der Waals surface area contributed by atoms with Gasteiger partial charge in [-0.15, -0.1) is 0 Å². The van der Waals surface area contributed by atoms with Crippen LogP contribution in [0.5, 0.6) is 0 Å². The number of rotatable bonds is 5. The molecule has 7 nitrogen and oxygen atoms in total. The number of aryl methyl sites for hydroxylation is 2. The fraction of sp³-hybridized carbons (Fsp3) is 0.583. The van der Waals surface area contributed by atoms with Gasteiger partial charge in [0.25, 0.3) is 0 Å². The van der Waals surface area contributed by atoms with Crippen LogP contribution in [-0.2, 0) is 4.74 Å². The Kier molecular flexibility index (Phi) is 3.84. The molecule has 0 spiro atoms. The lowest BCUT2D eigenvalue weighted by Crippen LogP contribution is -2.20. The highest BCUT2D eigenvalue weighted by atomic mass is 16.5. The second-order valence-electron chi connectivity index (χ2n) is 4.25. The van der Waals surface area contributed by atoms with Gasteiger partial charge in [-0.1, -0.05) is 12.1 Å². The van der Waals surface area contributed by atoms with Gasteiger partial charge in [-0.05, 0) is 27.2 Å². The molecule has 0 aliphatic heterocycles.